The highest BCUT2D eigenvalue weighted by Gasteiger charge is 2.70. The number of hydrogen-bond acceptors (Lipinski definition) is 3. The van der Waals surface area contributed by atoms with Crippen molar-refractivity contribution < 1.29 is 19.4 Å². The topological polar surface area (TPSA) is 63.6 Å². The van der Waals surface area contributed by atoms with E-state index < -0.39 is 17.5 Å². The molecule has 1 N–H and O–H groups in total. The molecule has 0 aromatic carbocycles. The van der Waals surface area contributed by atoms with Crippen LogP contribution in [0.25, 0.3) is 0 Å². The van der Waals surface area contributed by atoms with Gasteiger partial charge in [-0.15, -0.1) is 0 Å². The van der Waals surface area contributed by atoms with E-state index in [2.05, 4.69) is 47.6 Å². The predicted molar refractivity (Wildman–Crippen MR) is 142 cm³/mol. The molecule has 5 aliphatic rings. The molecule has 5 aliphatic carbocycles. The van der Waals surface area contributed by atoms with Gasteiger partial charge in [-0.3, -0.25) is 9.59 Å². The van der Waals surface area contributed by atoms with Gasteiger partial charge in [-0.2, -0.15) is 0 Å². The number of fused-ring (bicyclic) bond motifs is 7. The molecule has 0 aliphatic heterocycles. The fourth-order valence-electron chi connectivity index (χ4n) is 11.2. The Bertz CT molecular complexity index is 985. The molecule has 0 heterocycles. The third-order valence-corrected chi connectivity index (χ3v) is 13.8. The van der Waals surface area contributed by atoms with Crippen LogP contribution in [-0.4, -0.2) is 23.1 Å². The predicted octanol–water partition coefficient (Wildman–Crippen LogP) is 7.66. The molecular formula is C32H50O4. The Hall–Kier alpha value is -1.32. The quantitative estimate of drug-likeness (QED) is 0.313. The van der Waals surface area contributed by atoms with Crippen LogP contribution < -0.4 is 0 Å². The van der Waals surface area contributed by atoms with Crippen LogP contribution in [0.2, 0.25) is 0 Å². The van der Waals surface area contributed by atoms with Crippen molar-refractivity contribution in [2.75, 3.05) is 0 Å². The molecule has 0 spiro atoms. The van der Waals surface area contributed by atoms with Gasteiger partial charge in [0.2, 0.25) is 0 Å². The Kier molecular flexibility index (Phi) is 5.91. The van der Waals surface area contributed by atoms with Crippen molar-refractivity contribution in [3.63, 3.8) is 0 Å². The molecule has 36 heavy (non-hydrogen) atoms. The largest absolute Gasteiger partial charge is 0.481 e. The maximum atomic E-state index is 12.9. The lowest BCUT2D eigenvalue weighted by molar-refractivity contribution is -0.223. The summed E-state index contributed by atoms with van der Waals surface area (Å²) in [4.78, 5) is 24.8. The molecule has 0 aromatic rings. The minimum absolute atomic E-state index is 0.0136. The summed E-state index contributed by atoms with van der Waals surface area (Å²) in [5, 5.41) is 10.5. The van der Waals surface area contributed by atoms with Crippen LogP contribution in [0.5, 0.6) is 0 Å². The summed E-state index contributed by atoms with van der Waals surface area (Å²) >= 11 is 0. The van der Waals surface area contributed by atoms with E-state index in [0.29, 0.717) is 23.7 Å². The van der Waals surface area contributed by atoms with Gasteiger partial charge < -0.3 is 9.84 Å². The molecule has 4 fully saturated rings. The van der Waals surface area contributed by atoms with Gasteiger partial charge in [0.25, 0.3) is 0 Å². The lowest BCUT2D eigenvalue weighted by Gasteiger charge is -2.71. The number of rotatable bonds is 2. The van der Waals surface area contributed by atoms with Gasteiger partial charge in [-0.05, 0) is 116 Å². The van der Waals surface area contributed by atoms with E-state index in [4.69, 9.17) is 4.74 Å². The van der Waals surface area contributed by atoms with E-state index in [1.54, 1.807) is 5.57 Å². The van der Waals surface area contributed by atoms with Crippen LogP contribution in [0, 0.1) is 56.7 Å². The Morgan fingerprint density at radius 2 is 1.61 bits per heavy atom. The summed E-state index contributed by atoms with van der Waals surface area (Å²) in [5.74, 6) is 1.47. The molecule has 0 amide bonds. The minimum atomic E-state index is -1.04. The number of carbonyl (C=O) groups excluding carboxylic acids is 1. The number of carbonyl (C=O) groups is 2. The smallest absolute Gasteiger partial charge is 0.313 e. The standard InChI is InChI=1S/C32H50O4/c1-19-11-14-28(4)17-18-30(6)22(26(28)20(19)2)9-10-23-29(5)15-13-25(36-21(3)33)32(8,27(34)35)24(29)12-16-31(23,30)7/h9,19-20,23-26H,10-18H2,1-8H3,(H,34,35)/t19-,20+,23+,24-,25-,26+,28-,29-,30-,31-,32-/m1/s1. The molecule has 0 aromatic heterocycles. The van der Waals surface area contributed by atoms with Gasteiger partial charge in [-0.25, -0.2) is 0 Å². The average molecular weight is 499 g/mol. The van der Waals surface area contributed by atoms with Crippen LogP contribution >= 0.6 is 0 Å². The van der Waals surface area contributed by atoms with Crippen LogP contribution in [0.4, 0.5) is 0 Å². The lowest BCUT2D eigenvalue weighted by Crippen LogP contribution is -2.66. The zero-order valence-electron chi connectivity index (χ0n) is 24.1. The van der Waals surface area contributed by atoms with Gasteiger partial charge >= 0.3 is 11.9 Å². The van der Waals surface area contributed by atoms with E-state index >= 15 is 0 Å². The molecule has 4 heteroatoms. The highest BCUT2D eigenvalue weighted by Crippen LogP contribution is 2.75. The molecule has 0 unspecified atom stereocenters. The highest BCUT2D eigenvalue weighted by molar-refractivity contribution is 5.77. The van der Waals surface area contributed by atoms with Crippen LogP contribution in [0.15, 0.2) is 11.6 Å². The Balaban J connectivity index is 1.57. The molecule has 4 saturated carbocycles. The van der Waals surface area contributed by atoms with Crippen molar-refractivity contribution in [3.05, 3.63) is 11.6 Å². The lowest BCUT2D eigenvalue weighted by atomic mass is 9.33. The van der Waals surface area contributed by atoms with Crippen LogP contribution in [0.1, 0.15) is 113 Å². The number of carboxylic acids is 1. The Morgan fingerprint density at radius 3 is 2.25 bits per heavy atom. The first-order valence-electron chi connectivity index (χ1n) is 14.8. The average Bonchev–Trinajstić information content (AvgIpc) is 2.79. The number of carboxylic acid groups (broad SMARTS) is 1. The number of allylic oxidation sites excluding steroid dienone is 2. The molecule has 5 rings (SSSR count). The molecule has 0 bridgehead atoms. The second-order valence-electron chi connectivity index (χ2n) is 15.0. The summed E-state index contributed by atoms with van der Waals surface area (Å²) < 4.78 is 5.69. The number of esters is 1. The second kappa shape index (κ2) is 8.09. The van der Waals surface area contributed by atoms with Crippen molar-refractivity contribution in [1.29, 1.82) is 0 Å². The van der Waals surface area contributed by atoms with Gasteiger partial charge in [0.05, 0.1) is 0 Å². The van der Waals surface area contributed by atoms with Crippen LogP contribution in [-0.2, 0) is 14.3 Å². The summed E-state index contributed by atoms with van der Waals surface area (Å²) in [6.07, 6.45) is 12.0. The third kappa shape index (κ3) is 3.17. The Morgan fingerprint density at radius 1 is 0.917 bits per heavy atom. The molecule has 0 saturated heterocycles. The van der Waals surface area contributed by atoms with Crippen molar-refractivity contribution >= 4 is 11.9 Å². The van der Waals surface area contributed by atoms with E-state index in [1.165, 1.54) is 32.6 Å². The van der Waals surface area contributed by atoms with Crippen molar-refractivity contribution in [3.8, 4) is 0 Å². The second-order valence-corrected chi connectivity index (χ2v) is 15.0. The minimum Gasteiger partial charge on any atom is -0.481 e. The summed E-state index contributed by atoms with van der Waals surface area (Å²) in [6.45, 7) is 18.4. The first-order valence-corrected chi connectivity index (χ1v) is 14.8. The first-order chi connectivity index (χ1) is 16.6. The number of ether oxygens (including phenoxy) is 1. The first kappa shape index (κ1) is 26.3. The molecule has 11 atom stereocenters. The van der Waals surface area contributed by atoms with Crippen molar-refractivity contribution in [1.82, 2.24) is 0 Å². The van der Waals surface area contributed by atoms with Gasteiger partial charge in [0.15, 0.2) is 0 Å². The Labute approximate surface area is 219 Å². The zero-order chi connectivity index (χ0) is 26.5. The summed E-state index contributed by atoms with van der Waals surface area (Å²) in [7, 11) is 0. The fourth-order valence-corrected chi connectivity index (χ4v) is 11.2. The number of aliphatic carboxylic acids is 1. The van der Waals surface area contributed by atoms with E-state index in [-0.39, 0.29) is 28.1 Å². The normalized spacial score (nSPS) is 54.2. The molecule has 202 valence electrons. The molecule has 4 nitrogen and oxygen atoms in total. The number of hydrogen-bond donors (Lipinski definition) is 1. The van der Waals surface area contributed by atoms with E-state index in [1.807, 2.05) is 6.92 Å². The van der Waals surface area contributed by atoms with E-state index in [9.17, 15) is 14.7 Å². The van der Waals surface area contributed by atoms with Crippen molar-refractivity contribution in [2.45, 2.75) is 119 Å². The van der Waals surface area contributed by atoms with E-state index in [0.717, 1.165) is 37.5 Å². The SMILES string of the molecule is CC(=O)O[C@@H]1CC[C@@]2(C)[C@@H](CC[C@]3(C)[C@H]2CC=C2[C@@H]4[C@@H](C)[C@H](C)CC[C@]4(C)CC[C@]23C)[C@@]1(C)C(=O)O. The zero-order valence-corrected chi connectivity index (χ0v) is 24.1. The maximum Gasteiger partial charge on any atom is 0.313 e. The van der Waals surface area contributed by atoms with Gasteiger partial charge in [0, 0.05) is 6.92 Å². The van der Waals surface area contributed by atoms with Gasteiger partial charge in [0.1, 0.15) is 11.5 Å². The maximum absolute atomic E-state index is 12.9. The fraction of sp³-hybridized carbons (Fsp3) is 0.875. The molecule has 0 radical (unpaired) electrons. The monoisotopic (exact) mass is 498 g/mol. The van der Waals surface area contributed by atoms with Crippen molar-refractivity contribution in [2.24, 2.45) is 56.7 Å². The third-order valence-electron chi connectivity index (χ3n) is 13.8. The highest BCUT2D eigenvalue weighted by atomic mass is 16.5. The van der Waals surface area contributed by atoms with Crippen LogP contribution in [0.3, 0.4) is 0 Å². The molecular weight excluding hydrogens is 448 g/mol. The summed E-state index contributed by atoms with van der Waals surface area (Å²) in [5.41, 5.74) is 1.40. The summed E-state index contributed by atoms with van der Waals surface area (Å²) in [6, 6.07) is 0. The van der Waals surface area contributed by atoms with Gasteiger partial charge in [-0.1, -0.05) is 53.2 Å².